The molecule has 1 aliphatic heterocycles. The zero-order chi connectivity index (χ0) is 27.4. The molecule has 0 saturated carbocycles. The number of hydrogen-bond acceptors (Lipinski definition) is 7. The van der Waals surface area contributed by atoms with E-state index in [2.05, 4.69) is 10.3 Å². The quantitative estimate of drug-likeness (QED) is 0.435. The number of benzene rings is 1. The molecule has 2 aromatic heterocycles. The summed E-state index contributed by atoms with van der Waals surface area (Å²) in [7, 11) is 1.69. The largest absolute Gasteiger partial charge is 0.488 e. The van der Waals surface area contributed by atoms with Crippen molar-refractivity contribution < 1.29 is 24.2 Å². The van der Waals surface area contributed by atoms with Gasteiger partial charge in [-0.1, -0.05) is 30.3 Å². The summed E-state index contributed by atoms with van der Waals surface area (Å²) in [6.07, 6.45) is 0.832. The molecule has 11 nitrogen and oxygen atoms in total. The van der Waals surface area contributed by atoms with Crippen LogP contribution in [0.25, 0.3) is 11.0 Å². The van der Waals surface area contributed by atoms with Gasteiger partial charge in [-0.2, -0.15) is 0 Å². The standard InChI is InChI=1S/C27H35N5O6/c1-17(2)38-24-22-25(28-18(3)32(27(22)36)16-37-15-19-8-6-5-7-9-19)30(4)23(24)26(35)29-20-10-12-31(13-11-20)21(34)14-33/h5-9,17,20,33H,10-16H2,1-4H3,(H,29,35). The Morgan fingerprint density at radius 3 is 2.50 bits per heavy atom. The van der Waals surface area contributed by atoms with Gasteiger partial charge in [-0.15, -0.1) is 0 Å². The van der Waals surface area contributed by atoms with Crippen LogP contribution in [-0.2, 0) is 29.9 Å². The molecule has 4 rings (SSSR count). The second kappa shape index (κ2) is 11.8. The first kappa shape index (κ1) is 27.3. The maximum atomic E-state index is 13.7. The van der Waals surface area contributed by atoms with Crippen LogP contribution in [0.1, 0.15) is 48.6 Å². The number of likely N-dealkylation sites (tertiary alicyclic amines) is 1. The fourth-order valence-electron chi connectivity index (χ4n) is 4.68. The lowest BCUT2D eigenvalue weighted by Gasteiger charge is -2.32. The fourth-order valence-corrected chi connectivity index (χ4v) is 4.68. The summed E-state index contributed by atoms with van der Waals surface area (Å²) in [5.41, 5.74) is 1.22. The highest BCUT2D eigenvalue weighted by Gasteiger charge is 2.30. The van der Waals surface area contributed by atoms with Crippen molar-refractivity contribution in [3.8, 4) is 5.75 Å². The lowest BCUT2D eigenvalue weighted by molar-refractivity contribution is -0.135. The lowest BCUT2D eigenvalue weighted by Crippen LogP contribution is -2.47. The van der Waals surface area contributed by atoms with Crippen molar-refractivity contribution in [1.29, 1.82) is 0 Å². The molecule has 11 heteroatoms. The monoisotopic (exact) mass is 525 g/mol. The highest BCUT2D eigenvalue weighted by molar-refractivity contribution is 6.03. The second-order valence-electron chi connectivity index (χ2n) is 9.74. The van der Waals surface area contributed by atoms with Gasteiger partial charge in [0, 0.05) is 26.2 Å². The van der Waals surface area contributed by atoms with E-state index >= 15 is 0 Å². The molecule has 0 aliphatic carbocycles. The molecule has 1 fully saturated rings. The van der Waals surface area contributed by atoms with E-state index in [4.69, 9.17) is 14.6 Å². The minimum atomic E-state index is -0.524. The van der Waals surface area contributed by atoms with Gasteiger partial charge in [0.25, 0.3) is 11.5 Å². The minimum absolute atomic E-state index is 0.00514. The average Bonchev–Trinajstić information content (AvgIpc) is 3.16. The van der Waals surface area contributed by atoms with E-state index in [1.165, 1.54) is 4.57 Å². The molecule has 0 spiro atoms. The molecule has 38 heavy (non-hydrogen) atoms. The van der Waals surface area contributed by atoms with Crippen LogP contribution in [0.4, 0.5) is 0 Å². The fraction of sp³-hybridized carbons (Fsp3) is 0.481. The third-order valence-electron chi connectivity index (χ3n) is 6.65. The zero-order valence-electron chi connectivity index (χ0n) is 22.3. The zero-order valence-corrected chi connectivity index (χ0v) is 22.3. The highest BCUT2D eigenvalue weighted by Crippen LogP contribution is 2.31. The van der Waals surface area contributed by atoms with Crippen LogP contribution < -0.4 is 15.6 Å². The predicted molar refractivity (Wildman–Crippen MR) is 141 cm³/mol. The Hall–Kier alpha value is -3.70. The van der Waals surface area contributed by atoms with Crippen molar-refractivity contribution in [3.63, 3.8) is 0 Å². The first-order valence-corrected chi connectivity index (χ1v) is 12.8. The number of piperidine rings is 1. The van der Waals surface area contributed by atoms with Gasteiger partial charge in [0.2, 0.25) is 5.91 Å². The van der Waals surface area contributed by atoms with Crippen molar-refractivity contribution >= 4 is 22.8 Å². The normalized spacial score (nSPS) is 14.3. The summed E-state index contributed by atoms with van der Waals surface area (Å²) in [6.45, 7) is 6.10. The van der Waals surface area contributed by atoms with Gasteiger partial charge < -0.3 is 29.4 Å². The maximum Gasteiger partial charge on any atom is 0.272 e. The average molecular weight is 526 g/mol. The van der Waals surface area contributed by atoms with Crippen LogP contribution in [0.15, 0.2) is 35.1 Å². The molecule has 1 saturated heterocycles. The number of carbonyl (C=O) groups is 2. The highest BCUT2D eigenvalue weighted by atomic mass is 16.5. The topological polar surface area (TPSA) is 128 Å². The number of nitrogens with one attached hydrogen (secondary N) is 1. The van der Waals surface area contributed by atoms with Crippen LogP contribution >= 0.6 is 0 Å². The minimum Gasteiger partial charge on any atom is -0.488 e. The van der Waals surface area contributed by atoms with Gasteiger partial charge in [0.05, 0.1) is 12.7 Å². The first-order valence-electron chi connectivity index (χ1n) is 12.8. The van der Waals surface area contributed by atoms with Crippen LogP contribution in [0.3, 0.4) is 0 Å². The van der Waals surface area contributed by atoms with Gasteiger partial charge in [0.1, 0.15) is 24.5 Å². The Balaban J connectivity index is 1.62. The molecule has 1 aromatic carbocycles. The van der Waals surface area contributed by atoms with E-state index in [9.17, 15) is 14.4 Å². The van der Waals surface area contributed by atoms with Crippen molar-refractivity contribution in [2.45, 2.75) is 59.1 Å². The summed E-state index contributed by atoms with van der Waals surface area (Å²) in [5, 5.41) is 12.3. The summed E-state index contributed by atoms with van der Waals surface area (Å²) in [4.78, 5) is 45.1. The van der Waals surface area contributed by atoms with Gasteiger partial charge in [-0.3, -0.25) is 19.0 Å². The van der Waals surface area contributed by atoms with E-state index in [0.717, 1.165) is 5.56 Å². The molecule has 204 valence electrons. The molecule has 0 bridgehead atoms. The predicted octanol–water partition coefficient (Wildman–Crippen LogP) is 1.72. The number of amides is 2. The van der Waals surface area contributed by atoms with Crippen LogP contribution in [0.5, 0.6) is 5.75 Å². The van der Waals surface area contributed by atoms with Crippen LogP contribution in [-0.4, -0.2) is 67.8 Å². The summed E-state index contributed by atoms with van der Waals surface area (Å²) in [6, 6.07) is 9.51. The van der Waals surface area contributed by atoms with Crippen LogP contribution in [0, 0.1) is 6.92 Å². The third kappa shape index (κ3) is 5.73. The van der Waals surface area contributed by atoms with E-state index in [-0.39, 0.29) is 53.1 Å². The Labute approximate surface area is 221 Å². The van der Waals surface area contributed by atoms with E-state index in [1.807, 2.05) is 44.2 Å². The number of hydrogen-bond donors (Lipinski definition) is 2. The molecule has 3 heterocycles. The van der Waals surface area contributed by atoms with Crippen molar-refractivity contribution in [2.24, 2.45) is 7.05 Å². The van der Waals surface area contributed by atoms with E-state index in [0.29, 0.717) is 44.0 Å². The summed E-state index contributed by atoms with van der Waals surface area (Å²) < 4.78 is 14.9. The van der Waals surface area contributed by atoms with Crippen molar-refractivity contribution in [2.75, 3.05) is 19.7 Å². The number of fused-ring (bicyclic) bond motifs is 1. The summed E-state index contributed by atoms with van der Waals surface area (Å²) in [5.74, 6) is -0.0455. The molecular formula is C27H35N5O6. The molecular weight excluding hydrogens is 490 g/mol. The van der Waals surface area contributed by atoms with E-state index < -0.39 is 6.61 Å². The Kier molecular flexibility index (Phi) is 8.48. The van der Waals surface area contributed by atoms with E-state index in [1.54, 1.807) is 23.4 Å². The SMILES string of the molecule is Cc1nc2c(c(OC(C)C)c(C(=O)NC3CCN(C(=O)CO)CC3)n2C)c(=O)n1COCc1ccccc1. The number of nitrogens with zero attached hydrogens (tertiary/aromatic N) is 4. The van der Waals surface area contributed by atoms with Gasteiger partial charge in [0.15, 0.2) is 17.1 Å². The third-order valence-corrected chi connectivity index (χ3v) is 6.65. The number of carbonyl (C=O) groups excluding carboxylic acids is 2. The molecule has 0 atom stereocenters. The molecule has 3 aromatic rings. The smallest absolute Gasteiger partial charge is 0.272 e. The second-order valence-corrected chi connectivity index (χ2v) is 9.74. The lowest BCUT2D eigenvalue weighted by atomic mass is 10.0. The van der Waals surface area contributed by atoms with Gasteiger partial charge in [-0.25, -0.2) is 4.98 Å². The number of aromatic nitrogens is 3. The van der Waals surface area contributed by atoms with Crippen molar-refractivity contribution in [3.05, 3.63) is 57.8 Å². The Bertz CT molecular complexity index is 1360. The number of aliphatic hydroxyl groups excluding tert-OH is 1. The first-order chi connectivity index (χ1) is 18.2. The van der Waals surface area contributed by atoms with Crippen molar-refractivity contribution in [1.82, 2.24) is 24.3 Å². The van der Waals surface area contributed by atoms with Crippen LogP contribution in [0.2, 0.25) is 0 Å². The number of aryl methyl sites for hydroxylation is 2. The number of ether oxygens (including phenoxy) is 2. The number of aliphatic hydroxyl groups is 1. The summed E-state index contributed by atoms with van der Waals surface area (Å²) >= 11 is 0. The molecule has 0 unspecified atom stereocenters. The number of rotatable bonds is 9. The Morgan fingerprint density at radius 2 is 1.87 bits per heavy atom. The van der Waals surface area contributed by atoms with Gasteiger partial charge in [-0.05, 0) is 39.2 Å². The molecule has 1 aliphatic rings. The van der Waals surface area contributed by atoms with Gasteiger partial charge >= 0.3 is 0 Å². The molecule has 2 amide bonds. The Morgan fingerprint density at radius 1 is 1.18 bits per heavy atom. The maximum absolute atomic E-state index is 13.7. The molecule has 0 radical (unpaired) electrons. The molecule has 2 N–H and O–H groups in total.